The lowest BCUT2D eigenvalue weighted by Crippen LogP contribution is -2.33. The van der Waals surface area contributed by atoms with Gasteiger partial charge in [-0.1, -0.05) is 6.07 Å². The molecule has 0 spiro atoms. The third-order valence-electron chi connectivity index (χ3n) is 5.75. The zero-order valence-electron chi connectivity index (χ0n) is 18.9. The number of benzene rings is 3. The summed E-state index contributed by atoms with van der Waals surface area (Å²) in [6.07, 6.45) is 0.946. The van der Waals surface area contributed by atoms with Gasteiger partial charge in [0.15, 0.2) is 23.3 Å². The Morgan fingerprint density at radius 2 is 1.63 bits per heavy atom. The fourth-order valence-corrected chi connectivity index (χ4v) is 3.97. The van der Waals surface area contributed by atoms with Crippen molar-refractivity contribution in [3.63, 3.8) is 0 Å². The molecule has 0 unspecified atom stereocenters. The molecule has 1 aromatic heterocycles. The lowest BCUT2D eigenvalue weighted by molar-refractivity contribution is 0.157. The minimum Gasteiger partial charge on any atom is -0.410 e. The number of ether oxygens (including phenoxy) is 1. The molecule has 0 aliphatic rings. The van der Waals surface area contributed by atoms with E-state index in [4.69, 9.17) is 4.74 Å². The Morgan fingerprint density at radius 3 is 2.31 bits per heavy atom. The van der Waals surface area contributed by atoms with E-state index in [1.807, 2.05) is 0 Å². The predicted octanol–water partition coefficient (Wildman–Crippen LogP) is 6.89. The standard InChI is InChI=1S/C26H21F5N2O2/c1-3-32(4-2)26(34)35-23-8-7-22-18(24(23)15-5-6-19(28)20(29)12-15)9-10-33(22)14-16-11-17(27)13-21(30)25(16)31/h5-13H,3-4,14H2,1-2H3. The number of hydrogen-bond acceptors (Lipinski definition) is 2. The summed E-state index contributed by atoms with van der Waals surface area (Å²) in [5, 5.41) is 0.484. The summed E-state index contributed by atoms with van der Waals surface area (Å²) in [6.45, 7) is 4.20. The average Bonchev–Trinajstić information content (AvgIpc) is 3.22. The monoisotopic (exact) mass is 488 g/mol. The van der Waals surface area contributed by atoms with Crippen molar-refractivity contribution in [1.29, 1.82) is 0 Å². The molecule has 0 atom stereocenters. The highest BCUT2D eigenvalue weighted by molar-refractivity contribution is 5.99. The molecule has 0 radical (unpaired) electrons. The van der Waals surface area contributed by atoms with Crippen LogP contribution in [-0.2, 0) is 6.54 Å². The quantitative estimate of drug-likeness (QED) is 0.219. The molecular formula is C26H21F5N2O2. The molecule has 0 aliphatic carbocycles. The first-order chi connectivity index (χ1) is 16.7. The Kier molecular flexibility index (Phi) is 6.77. The highest BCUT2D eigenvalue weighted by atomic mass is 19.2. The zero-order chi connectivity index (χ0) is 25.3. The van der Waals surface area contributed by atoms with Crippen molar-refractivity contribution in [2.24, 2.45) is 0 Å². The lowest BCUT2D eigenvalue weighted by Gasteiger charge is -2.20. The fraction of sp³-hybridized carbons (Fsp3) is 0.192. The molecule has 1 heterocycles. The van der Waals surface area contributed by atoms with Crippen LogP contribution in [0.15, 0.2) is 54.7 Å². The fourth-order valence-electron chi connectivity index (χ4n) is 3.97. The number of carbonyl (C=O) groups excluding carboxylic acids is 1. The maximum Gasteiger partial charge on any atom is 0.415 e. The zero-order valence-corrected chi connectivity index (χ0v) is 18.9. The first-order valence-electron chi connectivity index (χ1n) is 10.9. The summed E-state index contributed by atoms with van der Waals surface area (Å²) in [4.78, 5) is 14.1. The van der Waals surface area contributed by atoms with E-state index in [2.05, 4.69) is 0 Å². The van der Waals surface area contributed by atoms with Crippen molar-refractivity contribution in [2.45, 2.75) is 20.4 Å². The molecule has 0 saturated carbocycles. The van der Waals surface area contributed by atoms with Gasteiger partial charge < -0.3 is 14.2 Å². The minimum absolute atomic E-state index is 0.112. The molecule has 1 amide bonds. The van der Waals surface area contributed by atoms with E-state index in [1.165, 1.54) is 17.0 Å². The van der Waals surface area contributed by atoms with Crippen LogP contribution < -0.4 is 4.74 Å². The highest BCUT2D eigenvalue weighted by Crippen LogP contribution is 2.39. The van der Waals surface area contributed by atoms with Crippen molar-refractivity contribution in [3.8, 4) is 16.9 Å². The van der Waals surface area contributed by atoms with E-state index in [0.29, 0.717) is 35.6 Å². The number of rotatable bonds is 6. The molecule has 35 heavy (non-hydrogen) atoms. The summed E-state index contributed by atoms with van der Waals surface area (Å²) in [5.74, 6) is -5.39. The van der Waals surface area contributed by atoms with Crippen molar-refractivity contribution in [2.75, 3.05) is 13.1 Å². The highest BCUT2D eigenvalue weighted by Gasteiger charge is 2.21. The molecule has 4 aromatic rings. The van der Waals surface area contributed by atoms with E-state index in [9.17, 15) is 26.7 Å². The second-order valence-corrected chi connectivity index (χ2v) is 7.85. The first-order valence-corrected chi connectivity index (χ1v) is 10.9. The molecule has 4 nitrogen and oxygen atoms in total. The molecule has 3 aromatic carbocycles. The number of fused-ring (bicyclic) bond motifs is 1. The maximum absolute atomic E-state index is 14.3. The second-order valence-electron chi connectivity index (χ2n) is 7.85. The van der Waals surface area contributed by atoms with Gasteiger partial charge in [0.05, 0.1) is 6.54 Å². The van der Waals surface area contributed by atoms with Gasteiger partial charge >= 0.3 is 6.09 Å². The number of aromatic nitrogens is 1. The first kappa shape index (κ1) is 24.3. The Hall–Kier alpha value is -3.88. The third-order valence-corrected chi connectivity index (χ3v) is 5.75. The Morgan fingerprint density at radius 1 is 0.886 bits per heavy atom. The molecule has 0 bridgehead atoms. The number of carbonyl (C=O) groups is 1. The Bertz CT molecular complexity index is 1410. The van der Waals surface area contributed by atoms with Gasteiger partial charge in [0.1, 0.15) is 11.6 Å². The number of hydrogen-bond donors (Lipinski definition) is 0. The molecular weight excluding hydrogens is 467 g/mol. The predicted molar refractivity (Wildman–Crippen MR) is 122 cm³/mol. The van der Waals surface area contributed by atoms with Gasteiger partial charge in [0, 0.05) is 47.4 Å². The molecule has 0 aliphatic heterocycles. The van der Waals surface area contributed by atoms with Crippen LogP contribution in [0.25, 0.3) is 22.0 Å². The van der Waals surface area contributed by atoms with Gasteiger partial charge in [0.2, 0.25) is 0 Å². The molecule has 0 fully saturated rings. The van der Waals surface area contributed by atoms with Crippen molar-refractivity contribution in [1.82, 2.24) is 9.47 Å². The normalized spacial score (nSPS) is 11.2. The smallest absolute Gasteiger partial charge is 0.410 e. The molecule has 182 valence electrons. The van der Waals surface area contributed by atoms with Crippen LogP contribution in [0, 0.1) is 29.1 Å². The van der Waals surface area contributed by atoms with Gasteiger partial charge in [-0.3, -0.25) is 0 Å². The summed E-state index contributed by atoms with van der Waals surface area (Å²) in [5.41, 5.74) is 0.854. The number of halogens is 5. The van der Waals surface area contributed by atoms with Crippen LogP contribution in [0.5, 0.6) is 5.75 Å². The maximum atomic E-state index is 14.3. The van der Waals surface area contributed by atoms with E-state index < -0.39 is 35.2 Å². The van der Waals surface area contributed by atoms with Crippen molar-refractivity contribution >= 4 is 17.0 Å². The van der Waals surface area contributed by atoms with Gasteiger partial charge in [0.25, 0.3) is 0 Å². The van der Waals surface area contributed by atoms with E-state index in [1.54, 1.807) is 36.7 Å². The van der Waals surface area contributed by atoms with Crippen LogP contribution in [0.3, 0.4) is 0 Å². The lowest BCUT2D eigenvalue weighted by atomic mass is 10.00. The van der Waals surface area contributed by atoms with Gasteiger partial charge in [-0.15, -0.1) is 0 Å². The molecule has 9 heteroatoms. The van der Waals surface area contributed by atoms with E-state index in [0.717, 1.165) is 18.2 Å². The summed E-state index contributed by atoms with van der Waals surface area (Å²) in [6, 6.07) is 9.36. The molecule has 0 saturated heterocycles. The Balaban J connectivity index is 1.85. The van der Waals surface area contributed by atoms with Gasteiger partial charge in [-0.05, 0) is 55.8 Å². The SMILES string of the molecule is CCN(CC)C(=O)Oc1ccc2c(ccn2Cc2cc(F)cc(F)c2F)c1-c1ccc(F)c(F)c1. The minimum atomic E-state index is -1.30. The third kappa shape index (κ3) is 4.71. The topological polar surface area (TPSA) is 34.5 Å². The van der Waals surface area contributed by atoms with Crippen molar-refractivity contribution in [3.05, 3.63) is 89.4 Å². The van der Waals surface area contributed by atoms with Crippen LogP contribution in [0.1, 0.15) is 19.4 Å². The average molecular weight is 488 g/mol. The molecule has 4 rings (SSSR count). The number of nitrogens with zero attached hydrogens (tertiary/aromatic N) is 2. The summed E-state index contributed by atoms with van der Waals surface area (Å²) < 4.78 is 76.5. The van der Waals surface area contributed by atoms with Crippen LogP contribution in [0.2, 0.25) is 0 Å². The van der Waals surface area contributed by atoms with Crippen molar-refractivity contribution < 1.29 is 31.5 Å². The Labute approximate surface area is 198 Å². The number of amides is 1. The molecule has 0 N–H and O–H groups in total. The summed E-state index contributed by atoms with van der Waals surface area (Å²) >= 11 is 0. The largest absolute Gasteiger partial charge is 0.415 e. The van der Waals surface area contributed by atoms with Gasteiger partial charge in [-0.25, -0.2) is 26.7 Å². The van der Waals surface area contributed by atoms with Crippen LogP contribution in [-0.4, -0.2) is 28.6 Å². The van der Waals surface area contributed by atoms with Gasteiger partial charge in [-0.2, -0.15) is 0 Å². The second kappa shape index (κ2) is 9.77. The summed E-state index contributed by atoms with van der Waals surface area (Å²) in [7, 11) is 0. The van der Waals surface area contributed by atoms with Crippen LogP contribution >= 0.6 is 0 Å². The van der Waals surface area contributed by atoms with E-state index >= 15 is 0 Å². The van der Waals surface area contributed by atoms with E-state index in [-0.39, 0.29) is 23.4 Å². The van der Waals surface area contributed by atoms with Crippen LogP contribution in [0.4, 0.5) is 26.7 Å².